The summed E-state index contributed by atoms with van der Waals surface area (Å²) in [6, 6.07) is 0.612. The summed E-state index contributed by atoms with van der Waals surface area (Å²) in [5.74, 6) is 0.106. The Hall–Kier alpha value is -0.940. The second-order valence-corrected chi connectivity index (χ2v) is 5.69. The molecule has 1 saturated heterocycles. The van der Waals surface area contributed by atoms with E-state index in [2.05, 4.69) is 28.6 Å². The molecule has 0 saturated carbocycles. The standard InChI is InChI=1S/C12H19N3OS/c1-9(2)14-4-6-15(7-5-14)12-13-8-11(17-12)10(3)16/h8-9H,4-7H2,1-3H3. The number of aromatic nitrogens is 1. The SMILES string of the molecule is CC(=O)c1cnc(N2CCN(C(C)C)CC2)s1. The largest absolute Gasteiger partial charge is 0.346 e. The number of piperazine rings is 1. The fraction of sp³-hybridized carbons (Fsp3) is 0.667. The van der Waals surface area contributed by atoms with Crippen molar-refractivity contribution in [2.75, 3.05) is 31.1 Å². The summed E-state index contributed by atoms with van der Waals surface area (Å²) in [7, 11) is 0. The van der Waals surface area contributed by atoms with E-state index in [1.807, 2.05) is 0 Å². The van der Waals surface area contributed by atoms with Crippen LogP contribution in [0.2, 0.25) is 0 Å². The molecular weight excluding hydrogens is 234 g/mol. The highest BCUT2D eigenvalue weighted by atomic mass is 32.1. The molecule has 1 aliphatic heterocycles. The number of Topliss-reactive ketones (excluding diaryl/α,β-unsaturated/α-hetero) is 1. The van der Waals surface area contributed by atoms with Gasteiger partial charge in [-0.15, -0.1) is 0 Å². The number of hydrogen-bond donors (Lipinski definition) is 0. The summed E-state index contributed by atoms with van der Waals surface area (Å²) < 4.78 is 0. The molecule has 5 heteroatoms. The molecule has 0 radical (unpaired) electrons. The summed E-state index contributed by atoms with van der Waals surface area (Å²) in [5.41, 5.74) is 0. The van der Waals surface area contributed by atoms with Crippen LogP contribution in [0.15, 0.2) is 6.20 Å². The third kappa shape index (κ3) is 2.84. The van der Waals surface area contributed by atoms with E-state index in [1.54, 1.807) is 13.1 Å². The summed E-state index contributed by atoms with van der Waals surface area (Å²) in [6.07, 6.45) is 1.69. The fourth-order valence-electron chi connectivity index (χ4n) is 2.00. The van der Waals surface area contributed by atoms with Crippen LogP contribution in [-0.2, 0) is 0 Å². The molecule has 2 rings (SSSR count). The fourth-order valence-corrected chi connectivity index (χ4v) is 2.87. The van der Waals surface area contributed by atoms with Crippen LogP contribution in [0.1, 0.15) is 30.4 Å². The molecule has 0 spiro atoms. The molecule has 0 N–H and O–H groups in total. The molecule has 2 heterocycles. The number of nitrogens with zero attached hydrogens (tertiary/aromatic N) is 3. The maximum absolute atomic E-state index is 11.2. The molecule has 0 aromatic carbocycles. The number of rotatable bonds is 3. The van der Waals surface area contributed by atoms with E-state index in [0.29, 0.717) is 6.04 Å². The Morgan fingerprint density at radius 1 is 1.35 bits per heavy atom. The number of carbonyl (C=O) groups is 1. The molecule has 1 fully saturated rings. The second kappa shape index (κ2) is 5.14. The van der Waals surface area contributed by atoms with Crippen LogP contribution in [0, 0.1) is 0 Å². The zero-order valence-electron chi connectivity index (χ0n) is 10.6. The molecule has 4 nitrogen and oxygen atoms in total. The highest BCUT2D eigenvalue weighted by Gasteiger charge is 2.21. The van der Waals surface area contributed by atoms with Crippen molar-refractivity contribution in [2.24, 2.45) is 0 Å². The lowest BCUT2D eigenvalue weighted by atomic mass is 10.2. The average molecular weight is 253 g/mol. The van der Waals surface area contributed by atoms with E-state index in [-0.39, 0.29) is 5.78 Å². The van der Waals surface area contributed by atoms with E-state index in [4.69, 9.17) is 0 Å². The molecule has 0 unspecified atom stereocenters. The minimum atomic E-state index is 0.106. The van der Waals surface area contributed by atoms with Gasteiger partial charge in [0.25, 0.3) is 0 Å². The second-order valence-electron chi connectivity index (χ2n) is 4.68. The first-order valence-corrected chi connectivity index (χ1v) is 6.85. The smallest absolute Gasteiger partial charge is 0.186 e. The van der Waals surface area contributed by atoms with E-state index in [9.17, 15) is 4.79 Å². The summed E-state index contributed by atoms with van der Waals surface area (Å²) >= 11 is 1.50. The first-order valence-electron chi connectivity index (χ1n) is 6.03. The van der Waals surface area contributed by atoms with Crippen LogP contribution in [0.4, 0.5) is 5.13 Å². The Kier molecular flexibility index (Phi) is 3.79. The Labute approximate surface area is 106 Å². The maximum atomic E-state index is 11.2. The van der Waals surface area contributed by atoms with Crippen LogP contribution in [-0.4, -0.2) is 47.9 Å². The van der Waals surface area contributed by atoms with Crippen LogP contribution in [0.25, 0.3) is 0 Å². The minimum absolute atomic E-state index is 0.106. The summed E-state index contributed by atoms with van der Waals surface area (Å²) in [5, 5.41) is 0.985. The topological polar surface area (TPSA) is 36.4 Å². The van der Waals surface area contributed by atoms with Gasteiger partial charge in [-0.1, -0.05) is 11.3 Å². The van der Waals surface area contributed by atoms with Gasteiger partial charge in [0.15, 0.2) is 10.9 Å². The van der Waals surface area contributed by atoms with Gasteiger partial charge >= 0.3 is 0 Å². The van der Waals surface area contributed by atoms with Crippen molar-refractivity contribution in [3.8, 4) is 0 Å². The molecule has 1 aromatic heterocycles. The van der Waals surface area contributed by atoms with Gasteiger partial charge in [-0.05, 0) is 13.8 Å². The Morgan fingerprint density at radius 3 is 2.47 bits per heavy atom. The highest BCUT2D eigenvalue weighted by molar-refractivity contribution is 7.17. The van der Waals surface area contributed by atoms with Crippen molar-refractivity contribution in [1.82, 2.24) is 9.88 Å². The first kappa shape index (κ1) is 12.5. The number of thiazole rings is 1. The Morgan fingerprint density at radius 2 is 2.00 bits per heavy atom. The van der Waals surface area contributed by atoms with Gasteiger partial charge in [0.1, 0.15) is 0 Å². The molecular formula is C12H19N3OS. The minimum Gasteiger partial charge on any atom is -0.346 e. The van der Waals surface area contributed by atoms with Crippen LogP contribution in [0.5, 0.6) is 0 Å². The lowest BCUT2D eigenvalue weighted by Crippen LogP contribution is -2.48. The molecule has 0 atom stereocenters. The zero-order chi connectivity index (χ0) is 12.4. The predicted molar refractivity (Wildman–Crippen MR) is 71.0 cm³/mol. The van der Waals surface area contributed by atoms with Crippen LogP contribution >= 0.6 is 11.3 Å². The van der Waals surface area contributed by atoms with Crippen molar-refractivity contribution < 1.29 is 4.79 Å². The Balaban J connectivity index is 1.98. The summed E-state index contributed by atoms with van der Waals surface area (Å²) in [6.45, 7) is 10.2. The Bertz CT molecular complexity index is 394. The normalized spacial score (nSPS) is 17.8. The lowest BCUT2D eigenvalue weighted by Gasteiger charge is -2.36. The van der Waals surface area contributed by atoms with Crippen LogP contribution in [0.3, 0.4) is 0 Å². The zero-order valence-corrected chi connectivity index (χ0v) is 11.5. The molecule has 17 heavy (non-hydrogen) atoms. The van der Waals surface area contributed by atoms with Gasteiger partial charge in [0.2, 0.25) is 0 Å². The molecule has 1 aromatic rings. The third-order valence-electron chi connectivity index (χ3n) is 3.16. The van der Waals surface area contributed by atoms with Gasteiger partial charge in [0.05, 0.1) is 11.1 Å². The number of anilines is 1. The van der Waals surface area contributed by atoms with Gasteiger partial charge in [-0.3, -0.25) is 9.69 Å². The predicted octanol–water partition coefficient (Wildman–Crippen LogP) is 1.88. The van der Waals surface area contributed by atoms with E-state index in [1.165, 1.54) is 11.3 Å². The molecule has 94 valence electrons. The van der Waals surface area contributed by atoms with Gasteiger partial charge < -0.3 is 4.90 Å². The number of hydrogen-bond acceptors (Lipinski definition) is 5. The van der Waals surface area contributed by atoms with Crippen molar-refractivity contribution in [3.63, 3.8) is 0 Å². The first-order chi connectivity index (χ1) is 8.08. The average Bonchev–Trinajstić information content (AvgIpc) is 2.78. The van der Waals surface area contributed by atoms with E-state index < -0.39 is 0 Å². The molecule has 0 amide bonds. The van der Waals surface area contributed by atoms with Crippen molar-refractivity contribution in [3.05, 3.63) is 11.1 Å². The molecule has 1 aliphatic rings. The van der Waals surface area contributed by atoms with Gasteiger partial charge in [-0.25, -0.2) is 4.98 Å². The van der Waals surface area contributed by atoms with Gasteiger partial charge in [-0.2, -0.15) is 0 Å². The van der Waals surface area contributed by atoms with Crippen LogP contribution < -0.4 is 4.90 Å². The van der Waals surface area contributed by atoms with E-state index >= 15 is 0 Å². The summed E-state index contributed by atoms with van der Waals surface area (Å²) in [4.78, 5) is 21.1. The van der Waals surface area contributed by atoms with Crippen molar-refractivity contribution in [2.45, 2.75) is 26.8 Å². The van der Waals surface area contributed by atoms with Crippen molar-refractivity contribution in [1.29, 1.82) is 0 Å². The molecule has 0 bridgehead atoms. The third-order valence-corrected chi connectivity index (χ3v) is 4.31. The highest BCUT2D eigenvalue weighted by Crippen LogP contribution is 2.24. The van der Waals surface area contributed by atoms with E-state index in [0.717, 1.165) is 36.2 Å². The van der Waals surface area contributed by atoms with Gasteiger partial charge in [0, 0.05) is 39.1 Å². The monoisotopic (exact) mass is 253 g/mol. The number of ketones is 1. The number of carbonyl (C=O) groups excluding carboxylic acids is 1. The van der Waals surface area contributed by atoms with Crippen molar-refractivity contribution >= 4 is 22.3 Å². The quantitative estimate of drug-likeness (QED) is 0.771. The lowest BCUT2D eigenvalue weighted by molar-refractivity contribution is 0.102. The maximum Gasteiger partial charge on any atom is 0.186 e. The molecule has 0 aliphatic carbocycles.